The number of nitrogens with zero attached hydrogens (tertiary/aromatic N) is 3. The van der Waals surface area contributed by atoms with Crippen molar-refractivity contribution in [2.75, 3.05) is 43.4 Å². The molecular weight excluding hydrogens is 465 g/mol. The van der Waals surface area contributed by atoms with E-state index in [0.29, 0.717) is 41.3 Å². The molecule has 0 atom stereocenters. The second kappa shape index (κ2) is 9.47. The number of carbonyl (C=O) groups is 1. The predicted octanol–water partition coefficient (Wildman–Crippen LogP) is 4.61. The first-order valence-electron chi connectivity index (χ1n) is 12.0. The topological polar surface area (TPSA) is 74.5 Å². The molecule has 0 bridgehead atoms. The molecule has 3 aromatic rings. The molecule has 8 heteroatoms. The molecule has 1 fully saturated rings. The Morgan fingerprint density at radius 3 is 2.40 bits per heavy atom. The van der Waals surface area contributed by atoms with Gasteiger partial charge < -0.3 is 16.0 Å². The number of nitrogen functional groups attached to an aromatic ring is 1. The number of anilines is 2. The zero-order chi connectivity index (χ0) is 24.7. The van der Waals surface area contributed by atoms with Gasteiger partial charge in [0.25, 0.3) is 5.91 Å². The molecular formula is C27H29ClFN5O. The van der Waals surface area contributed by atoms with Gasteiger partial charge in [-0.05, 0) is 61.7 Å². The fraction of sp³-hybridized carbons (Fsp3) is 0.333. The normalized spacial score (nSPS) is 16.4. The Bertz CT molecular complexity index is 1270. The van der Waals surface area contributed by atoms with Crippen molar-refractivity contribution >= 4 is 29.0 Å². The van der Waals surface area contributed by atoms with E-state index < -0.39 is 5.82 Å². The fourth-order valence-electron chi connectivity index (χ4n) is 4.92. The molecule has 3 heterocycles. The Hall–Kier alpha value is -3.16. The SMILES string of the molecule is CC(C)N1CCN(c2ccc(-c3cc(-c4cc5c(cc4F)C(=O)NCC5)c(N)nc3Cl)cc2)CC1. The number of nitrogens with one attached hydrogen (secondary N) is 1. The first kappa shape index (κ1) is 23.6. The number of halogens is 2. The van der Waals surface area contributed by atoms with Crippen molar-refractivity contribution < 1.29 is 9.18 Å². The van der Waals surface area contributed by atoms with Crippen LogP contribution in [0.4, 0.5) is 15.9 Å². The third-order valence-electron chi connectivity index (χ3n) is 7.00. The zero-order valence-electron chi connectivity index (χ0n) is 19.9. The van der Waals surface area contributed by atoms with Crippen LogP contribution in [-0.4, -0.2) is 54.6 Å². The predicted molar refractivity (Wildman–Crippen MR) is 139 cm³/mol. The maximum absolute atomic E-state index is 15.1. The molecule has 5 rings (SSSR count). The number of piperazine rings is 1. The van der Waals surface area contributed by atoms with Crippen LogP contribution in [0.15, 0.2) is 42.5 Å². The van der Waals surface area contributed by atoms with Crippen LogP contribution in [0.5, 0.6) is 0 Å². The summed E-state index contributed by atoms with van der Waals surface area (Å²) in [6, 6.07) is 13.5. The average Bonchev–Trinajstić information content (AvgIpc) is 2.85. The number of amides is 1. The number of carbonyl (C=O) groups excluding carboxylic acids is 1. The number of nitrogens with two attached hydrogens (primary N) is 1. The highest BCUT2D eigenvalue weighted by Crippen LogP contribution is 2.37. The van der Waals surface area contributed by atoms with Crippen LogP contribution in [0.1, 0.15) is 29.8 Å². The Kier molecular flexibility index (Phi) is 6.38. The van der Waals surface area contributed by atoms with Gasteiger partial charge >= 0.3 is 0 Å². The van der Waals surface area contributed by atoms with Gasteiger partial charge in [0.15, 0.2) is 0 Å². The van der Waals surface area contributed by atoms with Crippen LogP contribution in [0.25, 0.3) is 22.3 Å². The third kappa shape index (κ3) is 4.58. The summed E-state index contributed by atoms with van der Waals surface area (Å²) < 4.78 is 15.1. The smallest absolute Gasteiger partial charge is 0.251 e. The minimum Gasteiger partial charge on any atom is -0.383 e. The number of hydrogen-bond donors (Lipinski definition) is 2. The summed E-state index contributed by atoms with van der Waals surface area (Å²) in [5, 5.41) is 3.01. The van der Waals surface area contributed by atoms with Crippen LogP contribution in [0.3, 0.4) is 0 Å². The molecule has 1 amide bonds. The van der Waals surface area contributed by atoms with Crippen LogP contribution in [-0.2, 0) is 6.42 Å². The highest BCUT2D eigenvalue weighted by Gasteiger charge is 2.23. The maximum Gasteiger partial charge on any atom is 0.251 e. The van der Waals surface area contributed by atoms with Crippen molar-refractivity contribution in [1.29, 1.82) is 0 Å². The molecule has 6 nitrogen and oxygen atoms in total. The maximum atomic E-state index is 15.1. The van der Waals surface area contributed by atoms with Crippen molar-refractivity contribution in [1.82, 2.24) is 15.2 Å². The Morgan fingerprint density at radius 2 is 1.71 bits per heavy atom. The monoisotopic (exact) mass is 493 g/mol. The van der Waals surface area contributed by atoms with E-state index in [1.807, 2.05) is 12.1 Å². The largest absolute Gasteiger partial charge is 0.383 e. The molecule has 0 unspecified atom stereocenters. The molecule has 0 saturated carbocycles. The van der Waals surface area contributed by atoms with E-state index in [1.54, 1.807) is 12.1 Å². The summed E-state index contributed by atoms with van der Waals surface area (Å²) in [6.45, 7) is 9.05. The number of pyridine rings is 1. The number of rotatable bonds is 4. The minimum absolute atomic E-state index is 0.150. The summed E-state index contributed by atoms with van der Waals surface area (Å²) >= 11 is 6.48. The second-order valence-corrected chi connectivity index (χ2v) is 9.78. The molecule has 0 radical (unpaired) electrons. The van der Waals surface area contributed by atoms with E-state index in [0.717, 1.165) is 43.0 Å². The van der Waals surface area contributed by atoms with Gasteiger partial charge in [0.05, 0.1) is 0 Å². The van der Waals surface area contributed by atoms with Gasteiger partial charge in [-0.1, -0.05) is 23.7 Å². The quantitative estimate of drug-likeness (QED) is 0.519. The fourth-order valence-corrected chi connectivity index (χ4v) is 5.17. The first-order chi connectivity index (χ1) is 16.8. The first-order valence-corrected chi connectivity index (χ1v) is 12.4. The van der Waals surface area contributed by atoms with Gasteiger partial charge in [-0.15, -0.1) is 0 Å². The van der Waals surface area contributed by atoms with Gasteiger partial charge in [0, 0.05) is 66.7 Å². The molecule has 0 aliphatic carbocycles. The Balaban J connectivity index is 1.45. The lowest BCUT2D eigenvalue weighted by atomic mass is 9.93. The van der Waals surface area contributed by atoms with Gasteiger partial charge in [-0.2, -0.15) is 0 Å². The van der Waals surface area contributed by atoms with Crippen LogP contribution in [0, 0.1) is 5.82 Å². The molecule has 1 aromatic heterocycles. The van der Waals surface area contributed by atoms with Gasteiger partial charge in [-0.25, -0.2) is 9.37 Å². The molecule has 35 heavy (non-hydrogen) atoms. The Labute approximate surface area is 209 Å². The second-order valence-electron chi connectivity index (χ2n) is 9.42. The van der Waals surface area contributed by atoms with E-state index in [4.69, 9.17) is 17.3 Å². The molecule has 182 valence electrons. The summed E-state index contributed by atoms with van der Waals surface area (Å²) in [5.74, 6) is -0.624. The summed E-state index contributed by atoms with van der Waals surface area (Å²) in [6.07, 6.45) is 0.634. The molecule has 2 aromatic carbocycles. The van der Waals surface area contributed by atoms with Gasteiger partial charge in [0.1, 0.15) is 16.8 Å². The van der Waals surface area contributed by atoms with Crippen LogP contribution >= 0.6 is 11.6 Å². The highest BCUT2D eigenvalue weighted by molar-refractivity contribution is 6.32. The van der Waals surface area contributed by atoms with Crippen LogP contribution < -0.4 is 16.0 Å². The molecule has 0 spiro atoms. The summed E-state index contributed by atoms with van der Waals surface area (Å²) in [7, 11) is 0. The number of aromatic nitrogens is 1. The Morgan fingerprint density at radius 1 is 1.00 bits per heavy atom. The van der Waals surface area contributed by atoms with E-state index in [-0.39, 0.29) is 16.9 Å². The van der Waals surface area contributed by atoms with Crippen molar-refractivity contribution in [3.05, 3.63) is 64.6 Å². The van der Waals surface area contributed by atoms with Gasteiger partial charge in [-0.3, -0.25) is 9.69 Å². The van der Waals surface area contributed by atoms with E-state index in [9.17, 15) is 4.79 Å². The third-order valence-corrected chi connectivity index (χ3v) is 7.29. The van der Waals surface area contributed by atoms with E-state index in [2.05, 4.69) is 46.1 Å². The molecule has 2 aliphatic heterocycles. The van der Waals surface area contributed by atoms with E-state index in [1.165, 1.54) is 6.07 Å². The summed E-state index contributed by atoms with van der Waals surface area (Å²) in [5.41, 5.74) is 10.8. The lowest BCUT2D eigenvalue weighted by Gasteiger charge is -2.38. The van der Waals surface area contributed by atoms with Crippen molar-refractivity contribution in [2.45, 2.75) is 26.3 Å². The van der Waals surface area contributed by atoms with Crippen LogP contribution in [0.2, 0.25) is 5.15 Å². The lowest BCUT2D eigenvalue weighted by Crippen LogP contribution is -2.48. The van der Waals surface area contributed by atoms with Crippen molar-refractivity contribution in [2.24, 2.45) is 0 Å². The number of hydrogen-bond acceptors (Lipinski definition) is 5. The standard InChI is InChI=1S/C27H29ClFN5O/c1-16(2)33-9-11-34(12-10-33)19-5-3-17(4-6-19)20-14-23(26(30)32-25(20)28)22-13-18-7-8-31-27(35)21(18)15-24(22)29/h3-6,13-16H,7-12H2,1-2H3,(H2,30,32)(H,31,35). The van der Waals surface area contributed by atoms with Crippen molar-refractivity contribution in [3.63, 3.8) is 0 Å². The summed E-state index contributed by atoms with van der Waals surface area (Å²) in [4.78, 5) is 21.3. The van der Waals surface area contributed by atoms with Crippen molar-refractivity contribution in [3.8, 4) is 22.3 Å². The zero-order valence-corrected chi connectivity index (χ0v) is 20.7. The minimum atomic E-state index is -0.515. The average molecular weight is 494 g/mol. The number of benzene rings is 2. The molecule has 2 aliphatic rings. The molecule has 1 saturated heterocycles. The highest BCUT2D eigenvalue weighted by atomic mass is 35.5. The molecule has 3 N–H and O–H groups in total. The van der Waals surface area contributed by atoms with E-state index >= 15 is 4.39 Å². The van der Waals surface area contributed by atoms with Gasteiger partial charge in [0.2, 0.25) is 0 Å². The number of fused-ring (bicyclic) bond motifs is 1. The lowest BCUT2D eigenvalue weighted by molar-refractivity contribution is 0.0945.